The van der Waals surface area contributed by atoms with Crippen LogP contribution in [0.5, 0.6) is 5.75 Å². The molecule has 0 saturated heterocycles. The van der Waals surface area contributed by atoms with E-state index in [1.165, 1.54) is 30.9 Å². The van der Waals surface area contributed by atoms with Gasteiger partial charge in [0.15, 0.2) is 5.11 Å². The third-order valence-corrected chi connectivity index (χ3v) is 3.61. The Bertz CT molecular complexity index is 762. The van der Waals surface area contributed by atoms with Gasteiger partial charge in [-0.2, -0.15) is 0 Å². The summed E-state index contributed by atoms with van der Waals surface area (Å²) in [7, 11) is 1.49. The number of ether oxygens (including phenoxy) is 1. The molecular weight excluding hydrogens is 314 g/mol. The Balaban J connectivity index is 2.17. The van der Waals surface area contributed by atoms with Crippen LogP contribution in [0.1, 0.15) is 11.1 Å². The van der Waals surface area contributed by atoms with Gasteiger partial charge in [-0.3, -0.25) is 10.1 Å². The second kappa shape index (κ2) is 7.06. The quantitative estimate of drug-likeness (QED) is 0.500. The zero-order valence-electron chi connectivity index (χ0n) is 13.0. The van der Waals surface area contributed by atoms with Gasteiger partial charge in [-0.05, 0) is 55.4 Å². The van der Waals surface area contributed by atoms with Crippen molar-refractivity contribution >= 4 is 34.4 Å². The highest BCUT2D eigenvalue weighted by molar-refractivity contribution is 7.80. The Labute approximate surface area is 139 Å². The van der Waals surface area contributed by atoms with Crippen molar-refractivity contribution in [1.82, 2.24) is 0 Å². The van der Waals surface area contributed by atoms with Crippen LogP contribution in [-0.2, 0) is 0 Å². The first kappa shape index (κ1) is 16.7. The third kappa shape index (κ3) is 4.17. The van der Waals surface area contributed by atoms with Crippen molar-refractivity contribution in [2.75, 3.05) is 17.7 Å². The number of nitro groups is 1. The number of rotatable bonds is 4. The van der Waals surface area contributed by atoms with E-state index in [0.717, 1.165) is 11.3 Å². The molecule has 0 aliphatic carbocycles. The summed E-state index contributed by atoms with van der Waals surface area (Å²) in [5.74, 6) is 0.472. The van der Waals surface area contributed by atoms with Crippen LogP contribution in [0.15, 0.2) is 36.4 Å². The summed E-state index contributed by atoms with van der Waals surface area (Å²) in [5.41, 5.74) is 3.57. The van der Waals surface area contributed by atoms with Crippen LogP contribution in [0.4, 0.5) is 17.1 Å². The minimum atomic E-state index is -0.468. The van der Waals surface area contributed by atoms with E-state index in [4.69, 9.17) is 17.0 Å². The average Bonchev–Trinajstić information content (AvgIpc) is 2.50. The molecule has 0 unspecified atom stereocenters. The summed E-state index contributed by atoms with van der Waals surface area (Å²) in [6, 6.07) is 10.2. The number of nitrogens with one attached hydrogen (secondary N) is 2. The van der Waals surface area contributed by atoms with E-state index < -0.39 is 4.92 Å². The van der Waals surface area contributed by atoms with Crippen molar-refractivity contribution < 1.29 is 9.66 Å². The molecule has 2 N–H and O–H groups in total. The number of non-ortho nitro benzene ring substituents is 1. The summed E-state index contributed by atoms with van der Waals surface area (Å²) in [5, 5.41) is 17.2. The maximum absolute atomic E-state index is 10.9. The maximum atomic E-state index is 10.9. The zero-order chi connectivity index (χ0) is 17.0. The molecule has 2 aromatic rings. The van der Waals surface area contributed by atoms with E-state index in [0.29, 0.717) is 16.5 Å². The summed E-state index contributed by atoms with van der Waals surface area (Å²) >= 11 is 5.26. The number of thiocarbonyl (C=S) groups is 1. The topological polar surface area (TPSA) is 76.4 Å². The molecule has 0 amide bonds. The Kier molecular flexibility index (Phi) is 5.13. The second-order valence-corrected chi connectivity index (χ2v) is 5.43. The monoisotopic (exact) mass is 331 g/mol. The number of aryl methyl sites for hydroxylation is 2. The number of anilines is 2. The van der Waals surface area contributed by atoms with E-state index in [1.54, 1.807) is 0 Å². The van der Waals surface area contributed by atoms with E-state index in [-0.39, 0.29) is 5.69 Å². The molecule has 0 aromatic heterocycles. The molecule has 7 heteroatoms. The molecule has 0 saturated carbocycles. The van der Waals surface area contributed by atoms with E-state index in [1.807, 2.05) is 32.0 Å². The lowest BCUT2D eigenvalue weighted by atomic mass is 10.1. The van der Waals surface area contributed by atoms with E-state index in [2.05, 4.69) is 10.6 Å². The average molecular weight is 331 g/mol. The standard InChI is InChI=1S/C16H17N3O3S/c1-10-4-5-12(8-11(10)2)17-16(23)18-14-9-13(19(20)21)6-7-15(14)22-3/h4-9H,1-3H3,(H2,17,18,23). The molecule has 0 fully saturated rings. The van der Waals surface area contributed by atoms with Crippen molar-refractivity contribution in [3.05, 3.63) is 57.6 Å². The van der Waals surface area contributed by atoms with E-state index >= 15 is 0 Å². The van der Waals surface area contributed by atoms with Gasteiger partial charge in [0.05, 0.1) is 17.7 Å². The lowest BCUT2D eigenvalue weighted by molar-refractivity contribution is -0.384. The fourth-order valence-electron chi connectivity index (χ4n) is 2.01. The molecule has 0 heterocycles. The summed E-state index contributed by atoms with van der Waals surface area (Å²) in [6.07, 6.45) is 0. The fourth-order valence-corrected chi connectivity index (χ4v) is 2.24. The highest BCUT2D eigenvalue weighted by Gasteiger charge is 2.12. The molecule has 2 aromatic carbocycles. The van der Waals surface area contributed by atoms with Gasteiger partial charge in [0.25, 0.3) is 5.69 Å². The fraction of sp³-hybridized carbons (Fsp3) is 0.188. The molecule has 0 aliphatic heterocycles. The SMILES string of the molecule is COc1ccc([N+](=O)[O-])cc1NC(=S)Nc1ccc(C)c(C)c1. The van der Waals surface area contributed by atoms with Crippen molar-refractivity contribution in [2.24, 2.45) is 0 Å². The van der Waals surface area contributed by atoms with Gasteiger partial charge in [0, 0.05) is 17.8 Å². The van der Waals surface area contributed by atoms with Crippen LogP contribution in [0, 0.1) is 24.0 Å². The van der Waals surface area contributed by atoms with Gasteiger partial charge in [-0.15, -0.1) is 0 Å². The van der Waals surface area contributed by atoms with Gasteiger partial charge >= 0.3 is 0 Å². The normalized spacial score (nSPS) is 10.0. The predicted molar refractivity (Wildman–Crippen MR) is 95.4 cm³/mol. The Morgan fingerprint density at radius 3 is 2.48 bits per heavy atom. The first-order valence-corrected chi connectivity index (χ1v) is 7.29. The highest BCUT2D eigenvalue weighted by Crippen LogP contribution is 2.29. The second-order valence-electron chi connectivity index (χ2n) is 5.02. The van der Waals surface area contributed by atoms with Crippen LogP contribution >= 0.6 is 12.2 Å². The Morgan fingerprint density at radius 2 is 1.87 bits per heavy atom. The van der Waals surface area contributed by atoms with Gasteiger partial charge in [-0.25, -0.2) is 0 Å². The molecule has 0 atom stereocenters. The zero-order valence-corrected chi connectivity index (χ0v) is 13.9. The lowest BCUT2D eigenvalue weighted by Gasteiger charge is -2.14. The highest BCUT2D eigenvalue weighted by atomic mass is 32.1. The molecule has 6 nitrogen and oxygen atoms in total. The third-order valence-electron chi connectivity index (χ3n) is 3.41. The Morgan fingerprint density at radius 1 is 1.13 bits per heavy atom. The predicted octanol–water partition coefficient (Wildman–Crippen LogP) is 4.03. The number of hydrogen-bond donors (Lipinski definition) is 2. The smallest absolute Gasteiger partial charge is 0.271 e. The molecule has 0 aliphatic rings. The van der Waals surface area contributed by atoms with Crippen LogP contribution in [0.2, 0.25) is 0 Å². The van der Waals surface area contributed by atoms with E-state index in [9.17, 15) is 10.1 Å². The molecule has 23 heavy (non-hydrogen) atoms. The molecule has 2 rings (SSSR count). The van der Waals surface area contributed by atoms with Gasteiger partial charge in [0.1, 0.15) is 5.75 Å². The van der Waals surface area contributed by atoms with Crippen LogP contribution in [0.25, 0.3) is 0 Å². The van der Waals surface area contributed by atoms with Gasteiger partial charge in [-0.1, -0.05) is 6.07 Å². The number of nitrogens with zero attached hydrogens (tertiary/aromatic N) is 1. The van der Waals surface area contributed by atoms with Crippen molar-refractivity contribution in [3.63, 3.8) is 0 Å². The summed E-state index contributed by atoms with van der Waals surface area (Å²) in [6.45, 7) is 4.05. The molecular formula is C16H17N3O3S. The number of methoxy groups -OCH3 is 1. The number of benzene rings is 2. The van der Waals surface area contributed by atoms with Crippen LogP contribution in [0.3, 0.4) is 0 Å². The molecule has 0 bridgehead atoms. The largest absolute Gasteiger partial charge is 0.495 e. The van der Waals surface area contributed by atoms with Crippen LogP contribution < -0.4 is 15.4 Å². The van der Waals surface area contributed by atoms with Crippen molar-refractivity contribution in [1.29, 1.82) is 0 Å². The lowest BCUT2D eigenvalue weighted by Crippen LogP contribution is -2.19. The van der Waals surface area contributed by atoms with Crippen molar-refractivity contribution in [2.45, 2.75) is 13.8 Å². The summed E-state index contributed by atoms with van der Waals surface area (Å²) in [4.78, 5) is 10.4. The molecule has 0 radical (unpaired) electrons. The first-order valence-electron chi connectivity index (χ1n) is 6.88. The minimum Gasteiger partial charge on any atom is -0.495 e. The van der Waals surface area contributed by atoms with Gasteiger partial charge < -0.3 is 15.4 Å². The number of nitro benzene ring substituents is 1. The maximum Gasteiger partial charge on any atom is 0.271 e. The summed E-state index contributed by atoms with van der Waals surface area (Å²) < 4.78 is 5.19. The number of hydrogen-bond acceptors (Lipinski definition) is 4. The molecule has 120 valence electrons. The first-order chi connectivity index (χ1) is 10.9. The minimum absolute atomic E-state index is 0.0396. The van der Waals surface area contributed by atoms with Gasteiger partial charge in [0.2, 0.25) is 0 Å². The Hall–Kier alpha value is -2.67. The van der Waals surface area contributed by atoms with Crippen LogP contribution in [-0.4, -0.2) is 17.1 Å². The molecule has 0 spiro atoms. The van der Waals surface area contributed by atoms with Crippen molar-refractivity contribution in [3.8, 4) is 5.75 Å².